The smallest absolute Gasteiger partial charge is 0.289 e. The Hall–Kier alpha value is -4.65. The molecule has 0 aliphatic rings. The van der Waals surface area contributed by atoms with Crippen molar-refractivity contribution < 1.29 is 14.3 Å². The normalized spacial score (nSPS) is 11.1. The predicted octanol–water partition coefficient (Wildman–Crippen LogP) is 5.09. The molecule has 0 radical (unpaired) electrons. The van der Waals surface area contributed by atoms with Crippen molar-refractivity contribution in [2.24, 2.45) is 5.10 Å². The summed E-state index contributed by atoms with van der Waals surface area (Å²) >= 11 is 0. The summed E-state index contributed by atoms with van der Waals surface area (Å²) < 4.78 is 11.1. The van der Waals surface area contributed by atoms with E-state index in [1.165, 1.54) is 6.21 Å². The van der Waals surface area contributed by atoms with Crippen LogP contribution in [0.15, 0.2) is 96.1 Å². The number of hydrogen-bond donors (Lipinski definition) is 2. The highest BCUT2D eigenvalue weighted by Gasteiger charge is 2.10. The first-order valence-corrected chi connectivity index (χ1v) is 10.7. The van der Waals surface area contributed by atoms with E-state index in [0.29, 0.717) is 18.0 Å². The van der Waals surface area contributed by atoms with Gasteiger partial charge in [-0.05, 0) is 54.1 Å². The van der Waals surface area contributed by atoms with Crippen LogP contribution in [-0.4, -0.2) is 29.4 Å². The Morgan fingerprint density at radius 1 is 1.03 bits per heavy atom. The lowest BCUT2D eigenvalue weighted by atomic mass is 10.1. The van der Waals surface area contributed by atoms with Crippen molar-refractivity contribution in [1.82, 2.24) is 15.6 Å². The number of carbonyl (C=O) groups excluding carboxylic acids is 1. The molecule has 0 aliphatic carbocycles. The molecule has 4 rings (SSSR count). The lowest BCUT2D eigenvalue weighted by molar-refractivity contribution is 0.0950. The first-order chi connectivity index (χ1) is 16.7. The van der Waals surface area contributed by atoms with E-state index in [2.05, 4.69) is 20.7 Å². The van der Waals surface area contributed by atoms with Crippen molar-refractivity contribution in [1.29, 1.82) is 0 Å². The molecule has 2 N–H and O–H groups in total. The van der Waals surface area contributed by atoms with Gasteiger partial charge in [-0.1, -0.05) is 48.5 Å². The van der Waals surface area contributed by atoms with Crippen molar-refractivity contribution in [3.8, 4) is 22.8 Å². The Bertz CT molecular complexity index is 1280. The molecule has 7 heteroatoms. The second kappa shape index (κ2) is 11.3. The number of aromatic amines is 1. The van der Waals surface area contributed by atoms with Gasteiger partial charge in [0.15, 0.2) is 0 Å². The zero-order valence-corrected chi connectivity index (χ0v) is 18.6. The number of H-pyrrole nitrogens is 1. The van der Waals surface area contributed by atoms with Crippen molar-refractivity contribution in [2.45, 2.75) is 6.61 Å². The molecule has 0 unspecified atom stereocenters. The zero-order chi connectivity index (χ0) is 23.6. The molecule has 0 saturated heterocycles. The van der Waals surface area contributed by atoms with Gasteiger partial charge in [-0.2, -0.15) is 10.2 Å². The Balaban J connectivity index is 1.30. The second-order valence-corrected chi connectivity index (χ2v) is 7.29. The molecule has 0 bridgehead atoms. The first kappa shape index (κ1) is 22.5. The number of nitrogens with one attached hydrogen (secondary N) is 2. The molecule has 1 amide bonds. The van der Waals surface area contributed by atoms with Crippen molar-refractivity contribution in [3.05, 3.63) is 108 Å². The number of methoxy groups -OCH3 is 1. The molecule has 7 nitrogen and oxygen atoms in total. The van der Waals surface area contributed by atoms with E-state index in [9.17, 15) is 4.79 Å². The molecule has 0 aliphatic heterocycles. The number of ether oxygens (including phenoxy) is 2. The van der Waals surface area contributed by atoms with Gasteiger partial charge >= 0.3 is 0 Å². The highest BCUT2D eigenvalue weighted by Crippen LogP contribution is 2.22. The average Bonchev–Trinajstić information content (AvgIpc) is 3.39. The number of hydrogen-bond acceptors (Lipinski definition) is 5. The molecule has 0 saturated carbocycles. The maximum atomic E-state index is 12.3. The van der Waals surface area contributed by atoms with E-state index in [1.54, 1.807) is 19.3 Å². The average molecular weight is 453 g/mol. The van der Waals surface area contributed by atoms with Gasteiger partial charge in [-0.3, -0.25) is 9.89 Å². The van der Waals surface area contributed by atoms with Crippen LogP contribution in [0.4, 0.5) is 0 Å². The summed E-state index contributed by atoms with van der Waals surface area (Å²) in [6, 6.07) is 26.8. The van der Waals surface area contributed by atoms with E-state index in [0.717, 1.165) is 28.2 Å². The van der Waals surface area contributed by atoms with E-state index in [-0.39, 0.29) is 5.91 Å². The summed E-state index contributed by atoms with van der Waals surface area (Å²) in [5.74, 6) is 1.14. The number of rotatable bonds is 9. The van der Waals surface area contributed by atoms with Crippen molar-refractivity contribution in [3.63, 3.8) is 0 Å². The van der Waals surface area contributed by atoms with Gasteiger partial charge in [-0.15, -0.1) is 0 Å². The Kier molecular flexibility index (Phi) is 7.48. The molecule has 170 valence electrons. The van der Waals surface area contributed by atoms with Crippen LogP contribution in [-0.2, 0) is 6.61 Å². The van der Waals surface area contributed by atoms with Gasteiger partial charge in [0.1, 0.15) is 23.8 Å². The van der Waals surface area contributed by atoms with Gasteiger partial charge in [0.25, 0.3) is 5.91 Å². The minimum Gasteiger partial charge on any atom is -0.496 e. The van der Waals surface area contributed by atoms with Gasteiger partial charge in [0.05, 0.1) is 12.8 Å². The van der Waals surface area contributed by atoms with Crippen LogP contribution in [0.25, 0.3) is 17.3 Å². The predicted molar refractivity (Wildman–Crippen MR) is 133 cm³/mol. The van der Waals surface area contributed by atoms with Crippen LogP contribution in [0.2, 0.25) is 0 Å². The minimum absolute atomic E-state index is 0.310. The van der Waals surface area contributed by atoms with E-state index >= 15 is 0 Å². The monoisotopic (exact) mass is 452 g/mol. The molecule has 1 heterocycles. The third-order valence-electron chi connectivity index (χ3n) is 4.96. The molecule has 4 aromatic rings. The number of nitrogens with zero attached hydrogens (tertiary/aromatic N) is 2. The van der Waals surface area contributed by atoms with Gasteiger partial charge < -0.3 is 9.47 Å². The van der Waals surface area contributed by atoms with Crippen LogP contribution in [0.1, 0.15) is 21.6 Å². The van der Waals surface area contributed by atoms with Gasteiger partial charge in [0.2, 0.25) is 0 Å². The summed E-state index contributed by atoms with van der Waals surface area (Å²) in [5.41, 5.74) is 6.32. The van der Waals surface area contributed by atoms with Crippen LogP contribution >= 0.6 is 0 Å². The lowest BCUT2D eigenvalue weighted by Crippen LogP contribution is -2.17. The lowest BCUT2D eigenvalue weighted by Gasteiger charge is -2.06. The standard InChI is InChI=1S/C27H24N4O3/c1-33-26-12-6-5-10-22(26)11-7-17-28-31-27(32)25-18-24(29-30-25)21-13-15-23(16-14-21)34-19-20-8-3-2-4-9-20/h2-18H,19H2,1H3,(H,29,30)(H,31,32). The fraction of sp³-hybridized carbons (Fsp3) is 0.0741. The Labute approximate surface area is 197 Å². The SMILES string of the molecule is COc1ccccc1C=CC=NNC(=O)c1cc(-c2ccc(OCc3ccccc3)cc2)n[nH]1. The number of para-hydroxylation sites is 1. The summed E-state index contributed by atoms with van der Waals surface area (Å²) in [6.45, 7) is 0.501. The number of amides is 1. The van der Waals surface area contributed by atoms with Crippen LogP contribution in [0.3, 0.4) is 0 Å². The highest BCUT2D eigenvalue weighted by atomic mass is 16.5. The van der Waals surface area contributed by atoms with E-state index < -0.39 is 0 Å². The van der Waals surface area contributed by atoms with E-state index in [1.807, 2.05) is 84.9 Å². The topological polar surface area (TPSA) is 88.6 Å². The van der Waals surface area contributed by atoms with Gasteiger partial charge in [0, 0.05) is 17.3 Å². The molecule has 34 heavy (non-hydrogen) atoms. The van der Waals surface area contributed by atoms with Crippen molar-refractivity contribution >= 4 is 18.2 Å². The molecular formula is C27H24N4O3. The maximum absolute atomic E-state index is 12.3. The largest absolute Gasteiger partial charge is 0.496 e. The summed E-state index contributed by atoms with van der Waals surface area (Å²) in [7, 11) is 1.62. The number of carbonyl (C=O) groups is 1. The summed E-state index contributed by atoms with van der Waals surface area (Å²) in [6.07, 6.45) is 5.06. The molecule has 0 atom stereocenters. The number of allylic oxidation sites excluding steroid dienone is 1. The molecule has 1 aromatic heterocycles. The third kappa shape index (κ3) is 5.98. The second-order valence-electron chi connectivity index (χ2n) is 7.29. The minimum atomic E-state index is -0.386. The molecule has 0 spiro atoms. The molecular weight excluding hydrogens is 428 g/mol. The molecule has 3 aromatic carbocycles. The van der Waals surface area contributed by atoms with Crippen molar-refractivity contribution in [2.75, 3.05) is 7.11 Å². The number of benzene rings is 3. The third-order valence-corrected chi connectivity index (χ3v) is 4.96. The maximum Gasteiger partial charge on any atom is 0.289 e. The number of aromatic nitrogens is 2. The summed E-state index contributed by atoms with van der Waals surface area (Å²) in [4.78, 5) is 12.3. The van der Waals surface area contributed by atoms with Crippen LogP contribution < -0.4 is 14.9 Å². The van der Waals surface area contributed by atoms with Crippen LogP contribution in [0.5, 0.6) is 11.5 Å². The quantitative estimate of drug-likeness (QED) is 0.273. The Morgan fingerprint density at radius 3 is 2.59 bits per heavy atom. The Morgan fingerprint density at radius 2 is 1.79 bits per heavy atom. The summed E-state index contributed by atoms with van der Waals surface area (Å²) in [5, 5.41) is 10.9. The van der Waals surface area contributed by atoms with Gasteiger partial charge in [-0.25, -0.2) is 5.43 Å². The number of hydrazone groups is 1. The first-order valence-electron chi connectivity index (χ1n) is 10.7. The highest BCUT2D eigenvalue weighted by molar-refractivity contribution is 5.94. The fourth-order valence-corrected chi connectivity index (χ4v) is 3.20. The zero-order valence-electron chi connectivity index (χ0n) is 18.6. The fourth-order valence-electron chi connectivity index (χ4n) is 3.20. The van der Waals surface area contributed by atoms with Crippen LogP contribution in [0, 0.1) is 0 Å². The molecule has 0 fully saturated rings. The van der Waals surface area contributed by atoms with E-state index in [4.69, 9.17) is 9.47 Å².